The SMILES string of the molecule is [Co].[Mn].[Ni].[Pt]. The van der Waals surface area contributed by atoms with Gasteiger partial charge in [0.15, 0.2) is 0 Å². The van der Waals surface area contributed by atoms with E-state index in [1.165, 1.54) is 0 Å². The smallest absolute Gasteiger partial charge is 0 e. The zero-order valence-electron chi connectivity index (χ0n) is 1.34. The topological polar surface area (TPSA) is 0 Å². The Morgan fingerprint density at radius 2 is 1.00 bits per heavy atom. The number of hydrogen-bond acceptors (Lipinski definition) is 0. The number of rotatable bonds is 0. The molecule has 2 radical (unpaired) electrons. The van der Waals surface area contributed by atoms with Crippen LogP contribution in [0.4, 0.5) is 0 Å². The van der Waals surface area contributed by atoms with Gasteiger partial charge in [-0.15, -0.1) is 0 Å². The summed E-state index contributed by atoms with van der Waals surface area (Å²) in [5, 5.41) is 0. The molecule has 0 aromatic rings. The van der Waals surface area contributed by atoms with E-state index in [-0.39, 0.29) is 71.4 Å². The third-order valence-corrected chi connectivity index (χ3v) is 0. The molecule has 0 aliphatic heterocycles. The molecule has 4 heavy (non-hydrogen) atoms. The first kappa shape index (κ1) is 34.5. The maximum atomic E-state index is 0. The quantitative estimate of drug-likeness (QED) is 0.529. The van der Waals surface area contributed by atoms with Gasteiger partial charge in [-0.1, -0.05) is 0 Å². The molecule has 0 aliphatic carbocycles. The normalized spacial score (nSPS) is 0. The molecule has 0 saturated heterocycles. The van der Waals surface area contributed by atoms with Crippen molar-refractivity contribution < 1.29 is 71.4 Å². The van der Waals surface area contributed by atoms with Crippen LogP contribution in [0.5, 0.6) is 0 Å². The minimum absolute atomic E-state index is 0. The minimum Gasteiger partial charge on any atom is 0 e. The van der Waals surface area contributed by atoms with E-state index >= 15 is 0 Å². The van der Waals surface area contributed by atoms with E-state index in [2.05, 4.69) is 0 Å². The monoisotopic (exact) mass is 367 g/mol. The molecule has 4 heteroatoms. The summed E-state index contributed by atoms with van der Waals surface area (Å²) in [6.07, 6.45) is 0. The molecule has 0 bridgehead atoms. The van der Waals surface area contributed by atoms with Crippen molar-refractivity contribution in [3.63, 3.8) is 0 Å². The van der Waals surface area contributed by atoms with Crippen molar-refractivity contribution in [2.75, 3.05) is 0 Å². The second-order valence-corrected chi connectivity index (χ2v) is 0. The Hall–Kier alpha value is 2.21. The summed E-state index contributed by atoms with van der Waals surface area (Å²) in [6.45, 7) is 0. The molecule has 0 aromatic carbocycles. The summed E-state index contributed by atoms with van der Waals surface area (Å²) in [5.41, 5.74) is 0. The van der Waals surface area contributed by atoms with E-state index in [0.717, 1.165) is 0 Å². The zero-order valence-corrected chi connectivity index (χ0v) is 6.83. The van der Waals surface area contributed by atoms with Crippen LogP contribution < -0.4 is 0 Å². The first-order chi connectivity index (χ1) is 0. The summed E-state index contributed by atoms with van der Waals surface area (Å²) >= 11 is 0. The van der Waals surface area contributed by atoms with Crippen LogP contribution >= 0.6 is 0 Å². The van der Waals surface area contributed by atoms with Crippen molar-refractivity contribution in [3.05, 3.63) is 0 Å². The average Bonchev–Trinajstić information content (AvgIpc) is 0. The molecule has 0 N–H and O–H groups in total. The summed E-state index contributed by atoms with van der Waals surface area (Å²) in [6, 6.07) is 0. The Kier molecular flexibility index (Phi) is 163. The van der Waals surface area contributed by atoms with Crippen molar-refractivity contribution in [1.82, 2.24) is 0 Å². The fraction of sp³-hybridized carbons (Fsp3) is 0. The van der Waals surface area contributed by atoms with Gasteiger partial charge >= 0.3 is 0 Å². The van der Waals surface area contributed by atoms with Gasteiger partial charge < -0.3 is 0 Å². The van der Waals surface area contributed by atoms with E-state index in [4.69, 9.17) is 0 Å². The summed E-state index contributed by atoms with van der Waals surface area (Å²) < 4.78 is 0. The van der Waals surface area contributed by atoms with Gasteiger partial charge in [0, 0.05) is 71.4 Å². The second-order valence-electron chi connectivity index (χ2n) is 0. The second kappa shape index (κ2) is 18.9. The van der Waals surface area contributed by atoms with Gasteiger partial charge in [-0.2, -0.15) is 0 Å². The van der Waals surface area contributed by atoms with Crippen molar-refractivity contribution in [1.29, 1.82) is 0 Å². The Bertz CT molecular complexity index is 8.00. The zero-order chi connectivity index (χ0) is 0. The molecule has 0 aromatic heterocycles. The van der Waals surface area contributed by atoms with E-state index in [9.17, 15) is 0 Å². The molecule has 36 valence electrons. The van der Waals surface area contributed by atoms with Gasteiger partial charge in [0.25, 0.3) is 0 Å². The van der Waals surface area contributed by atoms with Crippen molar-refractivity contribution >= 4 is 0 Å². The molecule has 0 fully saturated rings. The molecule has 0 heterocycles. The van der Waals surface area contributed by atoms with Crippen molar-refractivity contribution in [3.8, 4) is 0 Å². The maximum absolute atomic E-state index is 0. The Labute approximate surface area is 70.7 Å². The van der Waals surface area contributed by atoms with Gasteiger partial charge in [-0.3, -0.25) is 0 Å². The largest absolute Gasteiger partial charge is 0 e. The summed E-state index contributed by atoms with van der Waals surface area (Å²) in [7, 11) is 0. The standard InChI is InChI=1S/Co.Mn.Ni.Pt. The molecular formula is CoMnNiPt. The van der Waals surface area contributed by atoms with E-state index in [0.29, 0.717) is 0 Å². The van der Waals surface area contributed by atoms with Gasteiger partial charge in [0.05, 0.1) is 0 Å². The van der Waals surface area contributed by atoms with Crippen LogP contribution in [0, 0.1) is 0 Å². The van der Waals surface area contributed by atoms with Gasteiger partial charge in [0.2, 0.25) is 0 Å². The molecule has 0 saturated carbocycles. The predicted octanol–water partition coefficient (Wildman–Crippen LogP) is -0.0100. The van der Waals surface area contributed by atoms with Gasteiger partial charge in [0.1, 0.15) is 0 Å². The van der Waals surface area contributed by atoms with Crippen LogP contribution in [-0.2, 0) is 71.4 Å². The molecule has 0 nitrogen and oxygen atoms in total. The molecule has 0 unspecified atom stereocenters. The van der Waals surface area contributed by atoms with Gasteiger partial charge in [-0.25, -0.2) is 0 Å². The summed E-state index contributed by atoms with van der Waals surface area (Å²) in [5.74, 6) is 0. The van der Waals surface area contributed by atoms with Crippen LogP contribution in [0.2, 0.25) is 0 Å². The van der Waals surface area contributed by atoms with E-state index < -0.39 is 0 Å². The van der Waals surface area contributed by atoms with Crippen LogP contribution in [0.1, 0.15) is 0 Å². The molecule has 0 spiro atoms. The van der Waals surface area contributed by atoms with Gasteiger partial charge in [-0.05, 0) is 0 Å². The van der Waals surface area contributed by atoms with Crippen LogP contribution in [0.25, 0.3) is 0 Å². The summed E-state index contributed by atoms with van der Waals surface area (Å²) in [4.78, 5) is 0. The molecule has 0 atom stereocenters. The average molecular weight is 368 g/mol. The maximum Gasteiger partial charge on any atom is 0 e. The third-order valence-electron chi connectivity index (χ3n) is 0. The molecule has 0 aliphatic rings. The van der Waals surface area contributed by atoms with Crippen LogP contribution in [0.3, 0.4) is 0 Å². The molecular weight excluding hydrogens is 368 g/mol. The Balaban J connectivity index is 0. The minimum atomic E-state index is 0. The van der Waals surface area contributed by atoms with E-state index in [1.807, 2.05) is 0 Å². The predicted molar refractivity (Wildman–Crippen MR) is 0 cm³/mol. The van der Waals surface area contributed by atoms with Crippen molar-refractivity contribution in [2.24, 2.45) is 0 Å². The fourth-order valence-electron chi connectivity index (χ4n) is 0. The van der Waals surface area contributed by atoms with Crippen LogP contribution in [-0.4, -0.2) is 0 Å². The number of hydrogen-bond donors (Lipinski definition) is 0. The first-order valence-electron chi connectivity index (χ1n) is 0. The van der Waals surface area contributed by atoms with Crippen molar-refractivity contribution in [2.45, 2.75) is 0 Å². The molecule has 0 amide bonds. The fourth-order valence-corrected chi connectivity index (χ4v) is 0. The third kappa shape index (κ3) is 8.88. The molecule has 0 rings (SSSR count). The Morgan fingerprint density at radius 1 is 1.00 bits per heavy atom. The Morgan fingerprint density at radius 3 is 1.00 bits per heavy atom. The first-order valence-corrected chi connectivity index (χ1v) is 0. The van der Waals surface area contributed by atoms with E-state index in [1.54, 1.807) is 0 Å². The van der Waals surface area contributed by atoms with Crippen LogP contribution in [0.15, 0.2) is 0 Å².